The fraction of sp³-hybridized carbons (Fsp3) is 0.889. The summed E-state index contributed by atoms with van der Waals surface area (Å²) in [6.45, 7) is 2.93. The second-order valence-corrected chi connectivity index (χ2v) is 5.03. The van der Waals surface area contributed by atoms with Crippen LogP contribution in [0, 0.1) is 0 Å². The summed E-state index contributed by atoms with van der Waals surface area (Å²) in [6, 6.07) is 0. The zero-order valence-corrected chi connectivity index (χ0v) is 9.84. The maximum Gasteiger partial charge on any atom is 0.234 e. The minimum absolute atomic E-state index is 0.0260. The van der Waals surface area contributed by atoms with Crippen LogP contribution in [0.4, 0.5) is 0 Å². The first-order chi connectivity index (χ1) is 6.59. The number of alkyl halides is 1. The van der Waals surface area contributed by atoms with Gasteiger partial charge >= 0.3 is 0 Å². The van der Waals surface area contributed by atoms with Crippen molar-refractivity contribution in [1.29, 1.82) is 0 Å². The lowest BCUT2D eigenvalue weighted by Gasteiger charge is -2.36. The van der Waals surface area contributed by atoms with E-state index >= 15 is 0 Å². The molecular weight excluding hydrogens is 250 g/mol. The molecule has 1 amide bonds. The Morgan fingerprint density at radius 1 is 1.64 bits per heavy atom. The van der Waals surface area contributed by atoms with Gasteiger partial charge in [0.05, 0.1) is 17.0 Å². The molecule has 0 saturated carbocycles. The van der Waals surface area contributed by atoms with E-state index in [4.69, 9.17) is 4.74 Å². The summed E-state index contributed by atoms with van der Waals surface area (Å²) in [4.78, 5) is 11.2. The van der Waals surface area contributed by atoms with Crippen LogP contribution in [0.15, 0.2) is 0 Å². The monoisotopic (exact) mass is 265 g/mol. The van der Waals surface area contributed by atoms with Gasteiger partial charge in [-0.25, -0.2) is 0 Å². The van der Waals surface area contributed by atoms with Gasteiger partial charge in [-0.2, -0.15) is 0 Å². The molecular formula is C9H16BrNO3. The van der Waals surface area contributed by atoms with Crippen LogP contribution >= 0.6 is 15.9 Å². The van der Waals surface area contributed by atoms with Crippen LogP contribution in [-0.2, 0) is 9.53 Å². The normalized spacial score (nSPS) is 22.8. The van der Waals surface area contributed by atoms with Crippen molar-refractivity contribution in [3.63, 3.8) is 0 Å². The number of aliphatic hydroxyl groups excluding tert-OH is 1. The fourth-order valence-electron chi connectivity index (χ4n) is 1.45. The molecule has 1 fully saturated rings. The molecule has 1 unspecified atom stereocenters. The van der Waals surface area contributed by atoms with Gasteiger partial charge in [0.15, 0.2) is 0 Å². The quantitative estimate of drug-likeness (QED) is 0.728. The number of hydrogen-bond donors (Lipinski definition) is 2. The maximum absolute atomic E-state index is 11.5. The first-order valence-corrected chi connectivity index (χ1v) is 5.66. The second kappa shape index (κ2) is 5.09. The van der Waals surface area contributed by atoms with Crippen LogP contribution in [0.5, 0.6) is 0 Å². The maximum atomic E-state index is 11.5. The Morgan fingerprint density at radius 3 is 2.64 bits per heavy atom. The van der Waals surface area contributed by atoms with Crippen molar-refractivity contribution < 1.29 is 14.6 Å². The van der Waals surface area contributed by atoms with Gasteiger partial charge in [-0.3, -0.25) is 4.79 Å². The van der Waals surface area contributed by atoms with Crippen LogP contribution in [0.25, 0.3) is 0 Å². The van der Waals surface area contributed by atoms with Gasteiger partial charge < -0.3 is 15.2 Å². The number of rotatable bonds is 3. The fourth-order valence-corrected chi connectivity index (χ4v) is 1.56. The van der Waals surface area contributed by atoms with E-state index in [1.54, 1.807) is 6.92 Å². The highest BCUT2D eigenvalue weighted by Crippen LogP contribution is 2.20. The molecule has 1 aliphatic rings. The van der Waals surface area contributed by atoms with Gasteiger partial charge in [-0.1, -0.05) is 15.9 Å². The smallest absolute Gasteiger partial charge is 0.234 e. The topological polar surface area (TPSA) is 58.6 Å². The number of carbonyl (C=O) groups excluding carboxylic acids is 1. The van der Waals surface area contributed by atoms with Gasteiger partial charge in [0.25, 0.3) is 0 Å². The summed E-state index contributed by atoms with van der Waals surface area (Å²) in [5.74, 6) is -0.0825. The van der Waals surface area contributed by atoms with E-state index in [1.165, 1.54) is 0 Å². The molecule has 5 heteroatoms. The van der Waals surface area contributed by atoms with E-state index in [0.29, 0.717) is 26.1 Å². The summed E-state index contributed by atoms with van der Waals surface area (Å²) in [5.41, 5.74) is -0.475. The number of carbonyl (C=O) groups is 1. The zero-order chi connectivity index (χ0) is 10.6. The predicted octanol–water partition coefficient (Wildman–Crippen LogP) is 0.427. The number of hydrogen-bond acceptors (Lipinski definition) is 3. The Kier molecular flexibility index (Phi) is 4.34. The third kappa shape index (κ3) is 2.93. The second-order valence-electron chi connectivity index (χ2n) is 3.66. The first kappa shape index (κ1) is 11.9. The van der Waals surface area contributed by atoms with Crippen molar-refractivity contribution in [2.24, 2.45) is 0 Å². The summed E-state index contributed by atoms with van der Waals surface area (Å²) in [5, 5.41) is 12.2. The largest absolute Gasteiger partial charge is 0.394 e. The molecule has 14 heavy (non-hydrogen) atoms. The minimum atomic E-state index is -0.475. The Hall–Kier alpha value is -0.130. The Bertz CT molecular complexity index is 202. The average molecular weight is 266 g/mol. The molecule has 4 nitrogen and oxygen atoms in total. The van der Waals surface area contributed by atoms with Crippen LogP contribution in [-0.4, -0.2) is 41.2 Å². The Morgan fingerprint density at radius 2 is 2.21 bits per heavy atom. The molecule has 2 N–H and O–H groups in total. The standard InChI is InChI=1S/C9H16BrNO3/c1-7(10)8(13)11-9(6-12)2-4-14-5-3-9/h7,12H,2-6H2,1H3,(H,11,13). The third-order valence-corrected chi connectivity index (χ3v) is 2.92. The van der Waals surface area contributed by atoms with Gasteiger partial charge in [-0.15, -0.1) is 0 Å². The lowest BCUT2D eigenvalue weighted by atomic mass is 9.91. The van der Waals surface area contributed by atoms with E-state index < -0.39 is 5.54 Å². The van der Waals surface area contributed by atoms with E-state index in [2.05, 4.69) is 21.2 Å². The van der Waals surface area contributed by atoms with Gasteiger partial charge in [0.1, 0.15) is 0 Å². The number of ether oxygens (including phenoxy) is 1. The predicted molar refractivity (Wildman–Crippen MR) is 56.4 cm³/mol. The molecule has 0 aromatic rings. The highest BCUT2D eigenvalue weighted by atomic mass is 79.9. The Labute approximate surface area is 92.1 Å². The van der Waals surface area contributed by atoms with Crippen molar-refractivity contribution in [3.05, 3.63) is 0 Å². The van der Waals surface area contributed by atoms with Crippen LogP contribution in [0.2, 0.25) is 0 Å². The Balaban J connectivity index is 2.56. The van der Waals surface area contributed by atoms with E-state index in [0.717, 1.165) is 0 Å². The molecule has 0 spiro atoms. The molecule has 0 aromatic heterocycles. The summed E-state index contributed by atoms with van der Waals surface area (Å²) in [7, 11) is 0. The lowest BCUT2D eigenvalue weighted by molar-refractivity contribution is -0.124. The van der Waals surface area contributed by atoms with Crippen LogP contribution in [0.1, 0.15) is 19.8 Å². The first-order valence-electron chi connectivity index (χ1n) is 4.74. The molecule has 0 aliphatic carbocycles. The molecule has 1 aliphatic heterocycles. The van der Waals surface area contributed by atoms with Crippen molar-refractivity contribution in [1.82, 2.24) is 5.32 Å². The van der Waals surface area contributed by atoms with Crippen molar-refractivity contribution in [2.75, 3.05) is 19.8 Å². The van der Waals surface area contributed by atoms with Crippen LogP contribution in [0.3, 0.4) is 0 Å². The molecule has 1 saturated heterocycles. The van der Waals surface area contributed by atoms with E-state index in [9.17, 15) is 9.90 Å². The number of halogens is 1. The number of nitrogens with one attached hydrogen (secondary N) is 1. The molecule has 0 radical (unpaired) electrons. The van der Waals surface area contributed by atoms with E-state index in [1.807, 2.05) is 0 Å². The van der Waals surface area contributed by atoms with Crippen LogP contribution < -0.4 is 5.32 Å². The van der Waals surface area contributed by atoms with Gasteiger partial charge in [0.2, 0.25) is 5.91 Å². The zero-order valence-electron chi connectivity index (χ0n) is 8.25. The van der Waals surface area contributed by atoms with Crippen molar-refractivity contribution in [2.45, 2.75) is 30.1 Å². The SMILES string of the molecule is CC(Br)C(=O)NC1(CO)CCOCC1. The summed E-state index contributed by atoms with van der Waals surface area (Å²) in [6.07, 6.45) is 1.35. The number of aliphatic hydroxyl groups is 1. The molecule has 1 atom stereocenters. The van der Waals surface area contributed by atoms with Gasteiger partial charge in [-0.05, 0) is 19.8 Å². The molecule has 0 bridgehead atoms. The van der Waals surface area contributed by atoms with Crippen molar-refractivity contribution >= 4 is 21.8 Å². The molecule has 0 aromatic carbocycles. The van der Waals surface area contributed by atoms with Gasteiger partial charge in [0, 0.05) is 13.2 Å². The molecule has 82 valence electrons. The highest BCUT2D eigenvalue weighted by Gasteiger charge is 2.34. The molecule has 1 rings (SSSR count). The number of amides is 1. The highest BCUT2D eigenvalue weighted by molar-refractivity contribution is 9.10. The summed E-state index contributed by atoms with van der Waals surface area (Å²) < 4.78 is 5.19. The third-order valence-electron chi connectivity index (χ3n) is 2.50. The minimum Gasteiger partial charge on any atom is -0.394 e. The lowest BCUT2D eigenvalue weighted by Crippen LogP contribution is -2.55. The van der Waals surface area contributed by atoms with Crippen molar-refractivity contribution in [3.8, 4) is 0 Å². The average Bonchev–Trinajstić information content (AvgIpc) is 2.19. The summed E-state index contributed by atoms with van der Waals surface area (Å²) >= 11 is 3.20. The van der Waals surface area contributed by atoms with E-state index in [-0.39, 0.29) is 17.3 Å². The molecule has 1 heterocycles.